The van der Waals surface area contributed by atoms with Crippen molar-refractivity contribution in [3.05, 3.63) is 24.4 Å². The third kappa shape index (κ3) is 2.73. The second-order valence-corrected chi connectivity index (χ2v) is 4.90. The van der Waals surface area contributed by atoms with Crippen LogP contribution in [0.15, 0.2) is 24.4 Å². The maximum absolute atomic E-state index is 11.9. The van der Waals surface area contributed by atoms with E-state index in [9.17, 15) is 4.79 Å². The maximum atomic E-state index is 11.9. The van der Waals surface area contributed by atoms with Crippen LogP contribution in [-0.4, -0.2) is 33.6 Å². The summed E-state index contributed by atoms with van der Waals surface area (Å²) in [6, 6.07) is 5.63. The molecule has 1 fully saturated rings. The number of hydrogen-bond acceptors (Lipinski definition) is 4. The molecule has 1 aliphatic heterocycles. The Morgan fingerprint density at radius 1 is 1.47 bits per heavy atom. The van der Waals surface area contributed by atoms with Crippen LogP contribution in [0.25, 0.3) is 5.65 Å². The Kier molecular flexibility index (Phi) is 3.41. The van der Waals surface area contributed by atoms with Crippen LogP contribution < -0.4 is 10.6 Å². The number of anilines is 1. The van der Waals surface area contributed by atoms with Crippen LogP contribution in [0.5, 0.6) is 0 Å². The van der Waals surface area contributed by atoms with Gasteiger partial charge >= 0.3 is 0 Å². The largest absolute Gasteiger partial charge is 0.316 e. The standard InChI is InChI=1S/C13H17N5O/c19-12(5-4-10-6-7-14-9-10)15-13-17-16-11-3-1-2-8-18(11)13/h1-3,8,10,14H,4-7,9H2,(H,15,17,19). The first kappa shape index (κ1) is 12.1. The van der Waals surface area contributed by atoms with E-state index in [0.29, 0.717) is 18.3 Å². The van der Waals surface area contributed by atoms with Crippen LogP contribution in [0.3, 0.4) is 0 Å². The number of nitrogens with one attached hydrogen (secondary N) is 2. The van der Waals surface area contributed by atoms with E-state index in [2.05, 4.69) is 20.8 Å². The summed E-state index contributed by atoms with van der Waals surface area (Å²) in [6.45, 7) is 2.10. The number of hydrogen-bond donors (Lipinski definition) is 2. The lowest BCUT2D eigenvalue weighted by Crippen LogP contribution is -2.16. The zero-order valence-corrected chi connectivity index (χ0v) is 10.7. The number of aromatic nitrogens is 3. The van der Waals surface area contributed by atoms with Gasteiger partial charge in [-0.1, -0.05) is 6.07 Å². The zero-order valence-electron chi connectivity index (χ0n) is 10.7. The van der Waals surface area contributed by atoms with E-state index in [0.717, 1.165) is 25.2 Å². The molecule has 2 aromatic rings. The Morgan fingerprint density at radius 2 is 2.42 bits per heavy atom. The van der Waals surface area contributed by atoms with E-state index in [1.165, 1.54) is 6.42 Å². The molecule has 19 heavy (non-hydrogen) atoms. The molecule has 3 rings (SSSR count). The Balaban J connectivity index is 1.59. The summed E-state index contributed by atoms with van der Waals surface area (Å²) < 4.78 is 1.77. The van der Waals surface area contributed by atoms with Crippen molar-refractivity contribution in [2.45, 2.75) is 19.3 Å². The topological polar surface area (TPSA) is 71.3 Å². The van der Waals surface area contributed by atoms with Gasteiger partial charge < -0.3 is 5.32 Å². The normalized spacial score (nSPS) is 18.8. The average molecular weight is 259 g/mol. The first-order chi connectivity index (χ1) is 9.33. The van der Waals surface area contributed by atoms with Gasteiger partial charge in [0.25, 0.3) is 0 Å². The van der Waals surface area contributed by atoms with Crippen molar-refractivity contribution in [2.24, 2.45) is 5.92 Å². The minimum atomic E-state index is 0.00468. The predicted molar refractivity (Wildman–Crippen MR) is 71.8 cm³/mol. The summed E-state index contributed by atoms with van der Waals surface area (Å²) in [5.74, 6) is 1.12. The molecular formula is C13H17N5O. The number of nitrogens with zero attached hydrogens (tertiary/aromatic N) is 3. The molecule has 0 saturated carbocycles. The molecule has 1 saturated heterocycles. The predicted octanol–water partition coefficient (Wildman–Crippen LogP) is 1.06. The fourth-order valence-corrected chi connectivity index (χ4v) is 2.41. The summed E-state index contributed by atoms with van der Waals surface area (Å²) in [5, 5.41) is 14.1. The van der Waals surface area contributed by atoms with Gasteiger partial charge in [-0.05, 0) is 44.0 Å². The highest BCUT2D eigenvalue weighted by molar-refractivity contribution is 5.89. The summed E-state index contributed by atoms with van der Waals surface area (Å²) in [4.78, 5) is 11.9. The Labute approximate surface area is 111 Å². The molecule has 100 valence electrons. The van der Waals surface area contributed by atoms with Crippen LogP contribution in [0.4, 0.5) is 5.95 Å². The summed E-state index contributed by atoms with van der Waals surface area (Å²) in [5.41, 5.74) is 0.734. The maximum Gasteiger partial charge on any atom is 0.235 e. The molecular weight excluding hydrogens is 242 g/mol. The summed E-state index contributed by atoms with van der Waals surface area (Å²) in [7, 11) is 0. The summed E-state index contributed by atoms with van der Waals surface area (Å²) in [6.07, 6.45) is 4.47. The van der Waals surface area contributed by atoms with E-state index in [1.54, 1.807) is 4.40 Å². The molecule has 1 unspecified atom stereocenters. The van der Waals surface area contributed by atoms with E-state index >= 15 is 0 Å². The Hall–Kier alpha value is -1.95. The van der Waals surface area contributed by atoms with Crippen LogP contribution in [-0.2, 0) is 4.79 Å². The number of amides is 1. The van der Waals surface area contributed by atoms with Crippen molar-refractivity contribution in [1.82, 2.24) is 19.9 Å². The van der Waals surface area contributed by atoms with E-state index in [4.69, 9.17) is 0 Å². The smallest absolute Gasteiger partial charge is 0.235 e. The molecule has 2 N–H and O–H groups in total. The van der Waals surface area contributed by atoms with Crippen LogP contribution in [0, 0.1) is 5.92 Å². The highest BCUT2D eigenvalue weighted by Gasteiger charge is 2.16. The molecule has 2 aromatic heterocycles. The van der Waals surface area contributed by atoms with Gasteiger partial charge in [0.1, 0.15) is 0 Å². The van der Waals surface area contributed by atoms with Crippen molar-refractivity contribution >= 4 is 17.5 Å². The molecule has 1 aliphatic rings. The second kappa shape index (κ2) is 5.36. The fraction of sp³-hybridized carbons (Fsp3) is 0.462. The monoisotopic (exact) mass is 259 g/mol. The lowest BCUT2D eigenvalue weighted by Gasteiger charge is -2.07. The molecule has 0 aliphatic carbocycles. The minimum absolute atomic E-state index is 0.00468. The van der Waals surface area contributed by atoms with E-state index in [1.807, 2.05) is 24.4 Å². The molecule has 0 bridgehead atoms. The first-order valence-corrected chi connectivity index (χ1v) is 6.63. The fourth-order valence-electron chi connectivity index (χ4n) is 2.41. The van der Waals surface area contributed by atoms with Gasteiger partial charge in [-0.2, -0.15) is 0 Å². The van der Waals surface area contributed by atoms with Crippen molar-refractivity contribution in [3.8, 4) is 0 Å². The molecule has 3 heterocycles. The third-order valence-electron chi connectivity index (χ3n) is 3.51. The second-order valence-electron chi connectivity index (χ2n) is 4.90. The molecule has 1 amide bonds. The van der Waals surface area contributed by atoms with Crippen molar-refractivity contribution in [2.75, 3.05) is 18.4 Å². The van der Waals surface area contributed by atoms with Gasteiger partial charge in [0.2, 0.25) is 11.9 Å². The number of fused-ring (bicyclic) bond motifs is 1. The molecule has 6 heteroatoms. The van der Waals surface area contributed by atoms with E-state index < -0.39 is 0 Å². The van der Waals surface area contributed by atoms with Gasteiger partial charge in [0.05, 0.1) is 0 Å². The van der Waals surface area contributed by atoms with Crippen molar-refractivity contribution in [3.63, 3.8) is 0 Å². The number of carbonyl (C=O) groups excluding carboxylic acids is 1. The Bertz CT molecular complexity index is 573. The lowest BCUT2D eigenvalue weighted by atomic mass is 10.0. The van der Waals surface area contributed by atoms with E-state index in [-0.39, 0.29) is 5.91 Å². The average Bonchev–Trinajstić information content (AvgIpc) is 3.07. The molecule has 0 radical (unpaired) electrons. The van der Waals surface area contributed by atoms with Gasteiger partial charge in [-0.15, -0.1) is 10.2 Å². The molecule has 1 atom stereocenters. The van der Waals surface area contributed by atoms with Gasteiger partial charge in [-0.3, -0.25) is 14.5 Å². The highest BCUT2D eigenvalue weighted by Crippen LogP contribution is 2.15. The quantitative estimate of drug-likeness (QED) is 0.861. The van der Waals surface area contributed by atoms with Crippen molar-refractivity contribution in [1.29, 1.82) is 0 Å². The van der Waals surface area contributed by atoms with Gasteiger partial charge in [0, 0.05) is 12.6 Å². The minimum Gasteiger partial charge on any atom is -0.316 e. The number of pyridine rings is 1. The van der Waals surface area contributed by atoms with Gasteiger partial charge in [0.15, 0.2) is 5.65 Å². The molecule has 0 aromatic carbocycles. The SMILES string of the molecule is O=C(CCC1CCNC1)Nc1nnc2ccccn12. The number of carbonyl (C=O) groups is 1. The van der Waals surface area contributed by atoms with Crippen LogP contribution in [0.2, 0.25) is 0 Å². The first-order valence-electron chi connectivity index (χ1n) is 6.63. The molecule has 0 spiro atoms. The van der Waals surface area contributed by atoms with Crippen LogP contribution in [0.1, 0.15) is 19.3 Å². The highest BCUT2D eigenvalue weighted by atomic mass is 16.1. The zero-order chi connectivity index (χ0) is 13.1. The summed E-state index contributed by atoms with van der Waals surface area (Å²) >= 11 is 0. The molecule has 6 nitrogen and oxygen atoms in total. The van der Waals surface area contributed by atoms with Crippen LogP contribution >= 0.6 is 0 Å². The Morgan fingerprint density at radius 3 is 3.26 bits per heavy atom. The van der Waals surface area contributed by atoms with Gasteiger partial charge in [-0.25, -0.2) is 0 Å². The lowest BCUT2D eigenvalue weighted by molar-refractivity contribution is -0.116. The van der Waals surface area contributed by atoms with Crippen molar-refractivity contribution < 1.29 is 4.79 Å². The number of rotatable bonds is 4. The third-order valence-corrected chi connectivity index (χ3v) is 3.51.